The van der Waals surface area contributed by atoms with Gasteiger partial charge in [-0.1, -0.05) is 73.9 Å². The molecule has 0 aromatic heterocycles. The lowest BCUT2D eigenvalue weighted by Crippen LogP contribution is -2.62. The van der Waals surface area contributed by atoms with Gasteiger partial charge in [-0.2, -0.15) is 0 Å². The maximum absolute atomic E-state index is 14.8. The van der Waals surface area contributed by atoms with Crippen LogP contribution in [0.3, 0.4) is 0 Å². The first-order valence-corrected chi connectivity index (χ1v) is 25.3. The molecule has 2 aliphatic heterocycles. The number of methoxy groups -OCH3 is 1. The summed E-state index contributed by atoms with van der Waals surface area (Å²) in [5.41, 5.74) is 0.582. The van der Waals surface area contributed by atoms with E-state index >= 15 is 0 Å². The molecule has 2 aliphatic rings. The van der Waals surface area contributed by atoms with Gasteiger partial charge in [-0.25, -0.2) is 4.79 Å². The smallest absolute Gasteiger partial charge is 0.329 e. The van der Waals surface area contributed by atoms with E-state index in [0.29, 0.717) is 24.2 Å². The topological polar surface area (TPSA) is 268 Å². The fourth-order valence-electron chi connectivity index (χ4n) is 9.05. The highest BCUT2D eigenvalue weighted by Crippen LogP contribution is 2.26. The number of aliphatic hydroxyl groups is 2. The fraction of sp³-hybridized carbons (Fsp3) is 0.712. The van der Waals surface area contributed by atoms with Gasteiger partial charge in [-0.3, -0.25) is 38.4 Å². The van der Waals surface area contributed by atoms with Gasteiger partial charge in [-0.15, -0.1) is 0 Å². The normalized spacial score (nSPS) is 27.1. The minimum Gasteiger partial charge on any atom is -0.497 e. The van der Waals surface area contributed by atoms with Crippen LogP contribution >= 0.6 is 0 Å². The quantitative estimate of drug-likeness (QED) is 0.132. The Morgan fingerprint density at radius 3 is 2.07 bits per heavy atom. The first-order chi connectivity index (χ1) is 33.6. The summed E-state index contributed by atoms with van der Waals surface area (Å²) >= 11 is 0. The number of ether oxygens (including phenoxy) is 3. The minimum atomic E-state index is -1.73. The number of hydrogen-bond donors (Lipinski definition) is 5. The molecule has 2 saturated heterocycles. The van der Waals surface area contributed by atoms with Gasteiger partial charge in [-0.05, 0) is 87.8 Å². The zero-order valence-electron chi connectivity index (χ0n) is 44.8. The number of Topliss-reactive ketones (excluding diaryl/α,β-unsaturated/α-hetero) is 1. The number of carbonyl (C=O) groups is 9. The van der Waals surface area contributed by atoms with Crippen molar-refractivity contribution in [1.29, 1.82) is 0 Å². The number of fused-ring (bicyclic) bond motifs is 1. The summed E-state index contributed by atoms with van der Waals surface area (Å²) in [6, 6.07) is -1.03. The molecule has 0 bridgehead atoms. The van der Waals surface area contributed by atoms with Crippen molar-refractivity contribution < 1.29 is 67.6 Å². The Kier molecular flexibility index (Phi) is 23.1. The molecule has 12 atom stereocenters. The first-order valence-electron chi connectivity index (χ1n) is 25.3. The second-order valence-corrected chi connectivity index (χ2v) is 20.8. The largest absolute Gasteiger partial charge is 0.497 e. The molecule has 20 nitrogen and oxygen atoms in total. The number of aliphatic hydroxyl groups excluding tert-OH is 2. The van der Waals surface area contributed by atoms with Crippen LogP contribution in [0.1, 0.15) is 120 Å². The molecule has 0 spiro atoms. The molecule has 6 amide bonds. The number of rotatable bonds is 14. The van der Waals surface area contributed by atoms with E-state index in [1.807, 2.05) is 27.7 Å². The molecular formula is C52H82N6O14. The Morgan fingerprint density at radius 1 is 0.903 bits per heavy atom. The molecule has 5 N–H and O–H groups in total. The maximum Gasteiger partial charge on any atom is 0.329 e. The lowest BCUT2D eigenvalue weighted by molar-refractivity contribution is -0.163. The Balaban J connectivity index is 2.29. The number of esters is 2. The van der Waals surface area contributed by atoms with E-state index in [-0.39, 0.29) is 44.1 Å². The van der Waals surface area contributed by atoms with Crippen molar-refractivity contribution in [1.82, 2.24) is 30.7 Å². The number of cyclic esters (lactones) is 2. The summed E-state index contributed by atoms with van der Waals surface area (Å²) in [4.78, 5) is 132. The molecule has 72 heavy (non-hydrogen) atoms. The summed E-state index contributed by atoms with van der Waals surface area (Å²) in [6.45, 7) is 18.1. The molecule has 0 aliphatic carbocycles. The van der Waals surface area contributed by atoms with E-state index in [2.05, 4.69) is 16.0 Å². The molecule has 1 aromatic rings. The second-order valence-electron chi connectivity index (χ2n) is 20.8. The van der Waals surface area contributed by atoms with Gasteiger partial charge in [0.25, 0.3) is 5.91 Å². The van der Waals surface area contributed by atoms with Crippen molar-refractivity contribution in [3.05, 3.63) is 29.8 Å². The number of carbonyl (C=O) groups excluding carboxylic acids is 9. The summed E-state index contributed by atoms with van der Waals surface area (Å²) in [5, 5.41) is 30.1. The van der Waals surface area contributed by atoms with Crippen LogP contribution in [0.15, 0.2) is 24.3 Å². The fourth-order valence-corrected chi connectivity index (χ4v) is 9.05. The van der Waals surface area contributed by atoms with Crippen LogP contribution < -0.4 is 20.7 Å². The van der Waals surface area contributed by atoms with Crippen LogP contribution in [0, 0.1) is 29.6 Å². The number of likely N-dealkylation sites (N-methyl/N-ethyl adjacent to an activating group) is 2. The van der Waals surface area contributed by atoms with Crippen LogP contribution in [0.5, 0.6) is 5.75 Å². The number of nitrogens with one attached hydrogen (secondary N) is 3. The third-order valence-corrected chi connectivity index (χ3v) is 13.7. The summed E-state index contributed by atoms with van der Waals surface area (Å²) in [5.74, 6) is -9.61. The van der Waals surface area contributed by atoms with Gasteiger partial charge in [0, 0.05) is 27.1 Å². The van der Waals surface area contributed by atoms with Crippen LogP contribution in [0.4, 0.5) is 0 Å². The SMILES string of the molecule is CC[C@H](C)[C@H]1NC(=O)[C@H](NC(=O)[C@@H](CC(C)C)N(C)C(=O)[C@H](C)O)[C@@H](C)OC(=O)[C@H](Cc2ccc(OC)cc2)N(C)C(=O)[C@@H]2CCCN2C(=O)[C@H](CC(C)C)NC(=O)[C@@H](C)C(=O)[C@H](C(C)C)OC(=O)C[C@@H]1O. The molecule has 0 radical (unpaired) electrons. The van der Waals surface area contributed by atoms with Crippen molar-refractivity contribution in [2.45, 2.75) is 182 Å². The predicted molar refractivity (Wildman–Crippen MR) is 265 cm³/mol. The molecule has 3 rings (SSSR count). The van der Waals surface area contributed by atoms with Crippen LogP contribution in [-0.2, 0) is 59.0 Å². The molecule has 2 fully saturated rings. The van der Waals surface area contributed by atoms with E-state index in [4.69, 9.17) is 14.2 Å². The molecular weight excluding hydrogens is 933 g/mol. The average Bonchev–Trinajstić information content (AvgIpc) is 3.82. The maximum atomic E-state index is 14.8. The molecule has 0 unspecified atom stereocenters. The zero-order chi connectivity index (χ0) is 54.5. The van der Waals surface area contributed by atoms with E-state index in [1.54, 1.807) is 52.0 Å². The Hall–Kier alpha value is -5.63. The number of hydrogen-bond acceptors (Lipinski definition) is 14. The van der Waals surface area contributed by atoms with Gasteiger partial charge in [0.2, 0.25) is 29.5 Å². The number of nitrogens with zero attached hydrogens (tertiary/aromatic N) is 3. The lowest BCUT2D eigenvalue weighted by atomic mass is 9.91. The van der Waals surface area contributed by atoms with Crippen molar-refractivity contribution in [3.63, 3.8) is 0 Å². The third kappa shape index (κ3) is 16.2. The van der Waals surface area contributed by atoms with Crippen molar-refractivity contribution in [2.75, 3.05) is 27.7 Å². The predicted octanol–water partition coefficient (Wildman–Crippen LogP) is 2.33. The monoisotopic (exact) mass is 1010 g/mol. The van der Waals surface area contributed by atoms with Gasteiger partial charge in [0.05, 0.1) is 31.6 Å². The summed E-state index contributed by atoms with van der Waals surface area (Å²) in [6.07, 6.45) is -5.64. The Labute approximate surface area is 425 Å². The molecule has 404 valence electrons. The van der Waals surface area contributed by atoms with Crippen LogP contribution in [-0.4, -0.2) is 166 Å². The highest BCUT2D eigenvalue weighted by atomic mass is 16.6. The highest BCUT2D eigenvalue weighted by molar-refractivity contribution is 6.05. The third-order valence-electron chi connectivity index (χ3n) is 13.7. The standard InChI is InChI=1S/C52H82N6O14/c1-15-30(8)42-40(60)26-41(61)72-45(29(6)7)44(62)31(9)46(63)53-36(23-27(2)3)50(67)58-22-16-17-37(58)51(68)57(13)39(25-34-18-20-35(70-14)21-19-34)52(69)71-33(11)43(48(65)54-42)55-47(64)38(24-28(4)5)56(12)49(66)32(10)59/h18-21,27-33,36-40,42-43,45,59-60H,15-17,22-26H2,1-14H3,(H,53,63)(H,54,65)(H,55,64)/t30-,31-,32-,33+,36-,37-,38+,39-,40-,42+,43+,45-/m0/s1. The summed E-state index contributed by atoms with van der Waals surface area (Å²) in [7, 11) is 4.23. The molecule has 20 heteroatoms. The van der Waals surface area contributed by atoms with E-state index in [1.165, 1.54) is 51.8 Å². The van der Waals surface area contributed by atoms with Gasteiger partial charge in [0.15, 0.2) is 11.9 Å². The Morgan fingerprint density at radius 2 is 1.53 bits per heavy atom. The van der Waals surface area contributed by atoms with Gasteiger partial charge < -0.3 is 55.1 Å². The van der Waals surface area contributed by atoms with E-state index in [9.17, 15) is 53.4 Å². The van der Waals surface area contributed by atoms with Crippen LogP contribution in [0.25, 0.3) is 0 Å². The van der Waals surface area contributed by atoms with E-state index in [0.717, 1.165) is 4.90 Å². The van der Waals surface area contributed by atoms with Gasteiger partial charge >= 0.3 is 11.9 Å². The molecule has 2 heterocycles. The second kappa shape index (κ2) is 27.4. The van der Waals surface area contributed by atoms with Crippen molar-refractivity contribution in [2.24, 2.45) is 29.6 Å². The van der Waals surface area contributed by atoms with E-state index < -0.39 is 138 Å². The first kappa shape index (κ1) is 60.7. The average molecular weight is 1020 g/mol. The van der Waals surface area contributed by atoms with Crippen molar-refractivity contribution >= 4 is 53.2 Å². The summed E-state index contributed by atoms with van der Waals surface area (Å²) < 4.78 is 17.1. The van der Waals surface area contributed by atoms with Crippen LogP contribution in [0.2, 0.25) is 0 Å². The zero-order valence-corrected chi connectivity index (χ0v) is 44.8. The highest BCUT2D eigenvalue weighted by Gasteiger charge is 2.45. The molecule has 0 saturated carbocycles. The van der Waals surface area contributed by atoms with Gasteiger partial charge in [0.1, 0.15) is 48.2 Å². The minimum absolute atomic E-state index is 0.0955. The molecule has 1 aromatic carbocycles. The number of amides is 6. The van der Waals surface area contributed by atoms with Crippen molar-refractivity contribution in [3.8, 4) is 5.75 Å². The number of ketones is 1. The lowest BCUT2D eigenvalue weighted by Gasteiger charge is -2.36. The number of benzene rings is 1. The Bertz CT molecular complexity index is 2060.